The molecule has 0 aliphatic carbocycles. The van der Waals surface area contributed by atoms with Gasteiger partial charge in [0.15, 0.2) is 0 Å². The molecule has 0 aliphatic rings. The molecule has 1 nitrogen and oxygen atoms in total. The highest BCUT2D eigenvalue weighted by atomic mass is 31.2. The van der Waals surface area contributed by atoms with Crippen LogP contribution >= 0.6 is 15.8 Å². The molecule has 0 amide bonds. The summed E-state index contributed by atoms with van der Waals surface area (Å²) in [6.07, 6.45) is 4.84. The van der Waals surface area contributed by atoms with Crippen LogP contribution in [0.3, 0.4) is 0 Å². The summed E-state index contributed by atoms with van der Waals surface area (Å²) in [6, 6.07) is 45.4. The van der Waals surface area contributed by atoms with Crippen LogP contribution in [0.15, 0.2) is 121 Å². The van der Waals surface area contributed by atoms with Crippen LogP contribution in [0, 0.1) is 0 Å². The van der Waals surface area contributed by atoms with Gasteiger partial charge in [-0.2, -0.15) is 0 Å². The number of hydrogen-bond acceptors (Lipinski definition) is 0. The SMILES string of the molecule is CCCC(CCC)(P(c1ccccc1)c1ccccc1)P(c1ccccc1)c1ccccc1.O. The highest BCUT2D eigenvalue weighted by molar-refractivity contribution is 7.90. The van der Waals surface area contributed by atoms with Crippen LogP contribution in [0.1, 0.15) is 39.5 Å². The Hall–Kier alpha value is -2.30. The van der Waals surface area contributed by atoms with Crippen molar-refractivity contribution in [2.75, 3.05) is 0 Å². The Kier molecular flexibility index (Phi) is 10.0. The van der Waals surface area contributed by atoms with Gasteiger partial charge in [-0.05, 0) is 49.9 Å². The van der Waals surface area contributed by atoms with E-state index in [9.17, 15) is 0 Å². The summed E-state index contributed by atoms with van der Waals surface area (Å²) >= 11 is 0. The van der Waals surface area contributed by atoms with E-state index in [0.29, 0.717) is 0 Å². The van der Waals surface area contributed by atoms with E-state index in [1.54, 1.807) is 0 Å². The van der Waals surface area contributed by atoms with E-state index >= 15 is 0 Å². The van der Waals surface area contributed by atoms with Gasteiger partial charge in [-0.3, -0.25) is 0 Å². The summed E-state index contributed by atoms with van der Waals surface area (Å²) in [6.45, 7) is 4.74. The zero-order chi connectivity index (χ0) is 22.9. The fraction of sp³-hybridized carbons (Fsp3) is 0.226. The molecular weight excluding hydrogens is 450 g/mol. The minimum absolute atomic E-state index is 0. The van der Waals surface area contributed by atoms with Gasteiger partial charge in [-0.15, -0.1) is 0 Å². The highest BCUT2D eigenvalue weighted by Gasteiger charge is 2.46. The largest absolute Gasteiger partial charge is 0.412 e. The predicted molar refractivity (Wildman–Crippen MR) is 154 cm³/mol. The Morgan fingerprint density at radius 1 is 0.441 bits per heavy atom. The van der Waals surface area contributed by atoms with Crippen LogP contribution in [-0.2, 0) is 0 Å². The maximum absolute atomic E-state index is 2.38. The minimum atomic E-state index is -0.568. The van der Waals surface area contributed by atoms with Gasteiger partial charge in [0.1, 0.15) is 0 Å². The second kappa shape index (κ2) is 13.0. The smallest absolute Gasteiger partial charge is 0.0266 e. The van der Waals surface area contributed by atoms with E-state index in [1.807, 2.05) is 0 Å². The number of hydrogen-bond donors (Lipinski definition) is 0. The summed E-state index contributed by atoms with van der Waals surface area (Å²) in [7, 11) is -1.14. The molecule has 4 aromatic rings. The molecule has 0 spiro atoms. The summed E-state index contributed by atoms with van der Waals surface area (Å²) in [5, 5.41) is 6.00. The first kappa shape index (κ1) is 26.3. The van der Waals surface area contributed by atoms with E-state index < -0.39 is 15.8 Å². The second-order valence-corrected chi connectivity index (χ2v) is 14.0. The van der Waals surface area contributed by atoms with E-state index in [-0.39, 0.29) is 10.4 Å². The van der Waals surface area contributed by atoms with Crippen molar-refractivity contribution < 1.29 is 5.48 Å². The quantitative estimate of drug-likeness (QED) is 0.223. The van der Waals surface area contributed by atoms with Gasteiger partial charge < -0.3 is 5.48 Å². The van der Waals surface area contributed by atoms with Crippen molar-refractivity contribution in [3.63, 3.8) is 0 Å². The normalized spacial score (nSPS) is 11.4. The van der Waals surface area contributed by atoms with Crippen molar-refractivity contribution in [3.8, 4) is 0 Å². The molecule has 0 saturated heterocycles. The topological polar surface area (TPSA) is 31.5 Å². The lowest BCUT2D eigenvalue weighted by atomic mass is 10.1. The van der Waals surface area contributed by atoms with E-state index in [2.05, 4.69) is 135 Å². The molecular formula is C31H36OP2. The first-order valence-corrected chi connectivity index (χ1v) is 14.8. The van der Waals surface area contributed by atoms with Crippen molar-refractivity contribution in [2.45, 2.75) is 44.4 Å². The van der Waals surface area contributed by atoms with Gasteiger partial charge in [0.2, 0.25) is 0 Å². The molecule has 2 N–H and O–H groups in total. The standard InChI is InChI=1S/C31H34P2.H2O/c1-3-25-31(26-4-2,32(27-17-9-5-10-18-27)28-19-11-6-12-20-28)33(29-21-13-7-14-22-29)30-23-15-8-16-24-30;/h5-24H,3-4,25-26H2,1-2H3;1H2. The first-order valence-electron chi connectivity index (χ1n) is 12.1. The molecule has 0 radical (unpaired) electrons. The van der Waals surface area contributed by atoms with Gasteiger partial charge in [-0.1, -0.05) is 148 Å². The lowest BCUT2D eigenvalue weighted by Gasteiger charge is -2.48. The summed E-state index contributed by atoms with van der Waals surface area (Å²) in [5.41, 5.74) is 0. The summed E-state index contributed by atoms with van der Waals surface area (Å²) < 4.78 is 0. The number of benzene rings is 4. The molecule has 0 bridgehead atoms. The maximum Gasteiger partial charge on any atom is 0.0266 e. The zero-order valence-electron chi connectivity index (χ0n) is 20.3. The van der Waals surface area contributed by atoms with Crippen molar-refractivity contribution in [1.82, 2.24) is 0 Å². The monoisotopic (exact) mass is 486 g/mol. The summed E-state index contributed by atoms with van der Waals surface area (Å²) in [4.78, 5) is 0.180. The van der Waals surface area contributed by atoms with Crippen LogP contribution in [0.25, 0.3) is 0 Å². The molecule has 0 aromatic heterocycles. The summed E-state index contributed by atoms with van der Waals surface area (Å²) in [5.74, 6) is 0. The average molecular weight is 487 g/mol. The van der Waals surface area contributed by atoms with E-state index in [0.717, 1.165) is 0 Å². The molecule has 34 heavy (non-hydrogen) atoms. The molecule has 0 atom stereocenters. The predicted octanol–water partition coefficient (Wildman–Crippen LogP) is 6.72. The Balaban J connectivity index is 0.00000324. The Morgan fingerprint density at radius 2 is 0.676 bits per heavy atom. The second-order valence-electron chi connectivity index (χ2n) is 8.50. The lowest BCUT2D eigenvalue weighted by molar-refractivity contribution is 0.622. The lowest BCUT2D eigenvalue weighted by Crippen LogP contribution is -2.39. The molecule has 3 heteroatoms. The third-order valence-corrected chi connectivity index (χ3v) is 13.2. The molecule has 0 unspecified atom stereocenters. The van der Waals surface area contributed by atoms with Crippen LogP contribution in [0.2, 0.25) is 0 Å². The van der Waals surface area contributed by atoms with Crippen molar-refractivity contribution in [2.24, 2.45) is 0 Å². The fourth-order valence-corrected chi connectivity index (χ4v) is 13.4. The molecule has 0 saturated carbocycles. The van der Waals surface area contributed by atoms with Crippen LogP contribution < -0.4 is 21.2 Å². The highest BCUT2D eigenvalue weighted by Crippen LogP contribution is 2.69. The molecule has 0 aliphatic heterocycles. The Labute approximate surface area is 208 Å². The number of rotatable bonds is 10. The first-order chi connectivity index (χ1) is 16.3. The fourth-order valence-electron chi connectivity index (χ4n) is 5.04. The Bertz CT molecular complexity index is 915. The third kappa shape index (κ3) is 5.67. The maximum atomic E-state index is 2.38. The molecule has 4 aromatic carbocycles. The van der Waals surface area contributed by atoms with Gasteiger partial charge in [-0.25, -0.2) is 0 Å². The van der Waals surface area contributed by atoms with Crippen LogP contribution in [-0.4, -0.2) is 10.4 Å². The van der Waals surface area contributed by atoms with Gasteiger partial charge in [0.05, 0.1) is 0 Å². The van der Waals surface area contributed by atoms with E-state index in [1.165, 1.54) is 46.9 Å². The van der Waals surface area contributed by atoms with Gasteiger partial charge in [0.25, 0.3) is 0 Å². The van der Waals surface area contributed by atoms with Crippen molar-refractivity contribution in [1.29, 1.82) is 0 Å². The third-order valence-electron chi connectivity index (χ3n) is 6.19. The molecule has 176 valence electrons. The van der Waals surface area contributed by atoms with Crippen LogP contribution in [0.5, 0.6) is 0 Å². The van der Waals surface area contributed by atoms with Gasteiger partial charge >= 0.3 is 0 Å². The molecule has 0 fully saturated rings. The van der Waals surface area contributed by atoms with Crippen molar-refractivity contribution >= 4 is 37.1 Å². The van der Waals surface area contributed by atoms with E-state index in [4.69, 9.17) is 0 Å². The molecule has 0 heterocycles. The van der Waals surface area contributed by atoms with Gasteiger partial charge in [0, 0.05) is 4.90 Å². The molecule has 4 rings (SSSR count). The van der Waals surface area contributed by atoms with Crippen molar-refractivity contribution in [3.05, 3.63) is 121 Å². The zero-order valence-corrected chi connectivity index (χ0v) is 22.1. The van der Waals surface area contributed by atoms with Crippen LogP contribution in [0.4, 0.5) is 0 Å². The Morgan fingerprint density at radius 3 is 0.882 bits per heavy atom. The minimum Gasteiger partial charge on any atom is -0.412 e. The average Bonchev–Trinajstić information content (AvgIpc) is 2.87.